The zero-order chi connectivity index (χ0) is 12.1. The molecule has 0 saturated heterocycles. The van der Waals surface area contributed by atoms with Crippen molar-refractivity contribution in [3.8, 4) is 0 Å². The molecule has 1 saturated carbocycles. The minimum Gasteiger partial charge on any atom is -0.387 e. The molecular formula is C14H20FNO. The highest BCUT2D eigenvalue weighted by Crippen LogP contribution is 2.28. The Morgan fingerprint density at radius 2 is 2.12 bits per heavy atom. The Labute approximate surface area is 102 Å². The molecule has 1 aliphatic carbocycles. The van der Waals surface area contributed by atoms with Crippen molar-refractivity contribution in [3.05, 3.63) is 35.6 Å². The van der Waals surface area contributed by atoms with Crippen molar-refractivity contribution in [3.63, 3.8) is 0 Å². The van der Waals surface area contributed by atoms with E-state index in [9.17, 15) is 9.50 Å². The van der Waals surface area contributed by atoms with Crippen LogP contribution in [0.15, 0.2) is 24.3 Å². The van der Waals surface area contributed by atoms with Crippen molar-refractivity contribution in [2.75, 3.05) is 13.1 Å². The smallest absolute Gasteiger partial charge is 0.129 e. The van der Waals surface area contributed by atoms with Crippen LogP contribution in [0.3, 0.4) is 0 Å². The molecule has 1 aliphatic rings. The van der Waals surface area contributed by atoms with Gasteiger partial charge in [0.1, 0.15) is 5.82 Å². The van der Waals surface area contributed by atoms with Gasteiger partial charge in [0.05, 0.1) is 6.10 Å². The molecule has 0 spiro atoms. The van der Waals surface area contributed by atoms with Gasteiger partial charge in [-0.3, -0.25) is 0 Å². The maximum Gasteiger partial charge on any atom is 0.129 e. The molecule has 17 heavy (non-hydrogen) atoms. The fourth-order valence-electron chi connectivity index (χ4n) is 2.18. The van der Waals surface area contributed by atoms with Gasteiger partial charge < -0.3 is 10.4 Å². The van der Waals surface area contributed by atoms with Gasteiger partial charge in [-0.05, 0) is 24.9 Å². The van der Waals surface area contributed by atoms with Gasteiger partial charge in [0, 0.05) is 12.1 Å². The first kappa shape index (κ1) is 12.5. The Balaban J connectivity index is 1.69. The van der Waals surface area contributed by atoms with Crippen LogP contribution in [0.25, 0.3) is 0 Å². The highest BCUT2D eigenvalue weighted by atomic mass is 19.1. The van der Waals surface area contributed by atoms with Gasteiger partial charge in [0.25, 0.3) is 0 Å². The lowest BCUT2D eigenvalue weighted by Gasteiger charge is -2.25. The summed E-state index contributed by atoms with van der Waals surface area (Å²) in [6.07, 6.45) is 4.47. The predicted molar refractivity (Wildman–Crippen MR) is 66.2 cm³/mol. The number of hydrogen-bond acceptors (Lipinski definition) is 2. The summed E-state index contributed by atoms with van der Waals surface area (Å²) >= 11 is 0. The summed E-state index contributed by atoms with van der Waals surface area (Å²) < 4.78 is 13.4. The lowest BCUT2D eigenvalue weighted by Crippen LogP contribution is -2.26. The van der Waals surface area contributed by atoms with Crippen molar-refractivity contribution in [2.45, 2.75) is 31.8 Å². The maximum absolute atomic E-state index is 13.4. The van der Waals surface area contributed by atoms with Crippen LogP contribution >= 0.6 is 0 Å². The van der Waals surface area contributed by atoms with Crippen molar-refractivity contribution in [2.24, 2.45) is 5.92 Å². The standard InChI is InChI=1S/C14H20FNO/c15-13-7-2-1-6-12(13)14(17)10-16-9-8-11-4-3-5-11/h1-2,6-7,11,14,16-17H,3-5,8-10H2. The molecule has 0 radical (unpaired) electrons. The summed E-state index contributed by atoms with van der Waals surface area (Å²) in [7, 11) is 0. The maximum atomic E-state index is 13.4. The van der Waals surface area contributed by atoms with Gasteiger partial charge in [-0.15, -0.1) is 0 Å². The minimum absolute atomic E-state index is 0.333. The summed E-state index contributed by atoms with van der Waals surface area (Å²) in [5.74, 6) is 0.536. The molecular weight excluding hydrogens is 217 g/mol. The molecule has 94 valence electrons. The second-order valence-corrected chi connectivity index (χ2v) is 4.83. The summed E-state index contributed by atoms with van der Waals surface area (Å²) in [6, 6.07) is 6.39. The number of aliphatic hydroxyl groups is 1. The van der Waals surface area contributed by atoms with Crippen LogP contribution in [0, 0.1) is 11.7 Å². The van der Waals surface area contributed by atoms with Crippen LogP contribution in [0.4, 0.5) is 4.39 Å². The Hall–Kier alpha value is -0.930. The molecule has 1 aromatic carbocycles. The fraction of sp³-hybridized carbons (Fsp3) is 0.571. The Bertz CT molecular complexity index is 352. The SMILES string of the molecule is OC(CNCCC1CCC1)c1ccccc1F. The lowest BCUT2D eigenvalue weighted by molar-refractivity contribution is 0.168. The minimum atomic E-state index is -0.752. The highest BCUT2D eigenvalue weighted by molar-refractivity contribution is 5.19. The van der Waals surface area contributed by atoms with E-state index in [1.807, 2.05) is 0 Å². The molecule has 0 heterocycles. The molecule has 1 unspecified atom stereocenters. The topological polar surface area (TPSA) is 32.3 Å². The van der Waals surface area contributed by atoms with Crippen LogP contribution < -0.4 is 5.32 Å². The van der Waals surface area contributed by atoms with E-state index < -0.39 is 6.10 Å². The van der Waals surface area contributed by atoms with Gasteiger partial charge in [0.15, 0.2) is 0 Å². The van der Waals surface area contributed by atoms with E-state index in [0.29, 0.717) is 12.1 Å². The normalized spacial score (nSPS) is 17.8. The summed E-state index contributed by atoms with van der Waals surface area (Å²) in [6.45, 7) is 1.34. The largest absolute Gasteiger partial charge is 0.387 e. The zero-order valence-electron chi connectivity index (χ0n) is 10.0. The van der Waals surface area contributed by atoms with Crippen LogP contribution in [-0.2, 0) is 0 Å². The molecule has 2 rings (SSSR count). The van der Waals surface area contributed by atoms with Crippen molar-refractivity contribution >= 4 is 0 Å². The third-order valence-corrected chi connectivity index (χ3v) is 3.56. The lowest BCUT2D eigenvalue weighted by atomic mass is 9.83. The van der Waals surface area contributed by atoms with Gasteiger partial charge in [-0.25, -0.2) is 4.39 Å². The monoisotopic (exact) mass is 237 g/mol. The molecule has 0 aromatic heterocycles. The van der Waals surface area contributed by atoms with Crippen LogP contribution in [0.5, 0.6) is 0 Å². The van der Waals surface area contributed by atoms with Gasteiger partial charge >= 0.3 is 0 Å². The third kappa shape index (κ3) is 3.51. The van der Waals surface area contributed by atoms with Crippen LogP contribution in [0.1, 0.15) is 37.4 Å². The average molecular weight is 237 g/mol. The van der Waals surface area contributed by atoms with Crippen molar-refractivity contribution in [1.29, 1.82) is 0 Å². The van der Waals surface area contributed by atoms with Gasteiger partial charge in [-0.1, -0.05) is 37.5 Å². The van der Waals surface area contributed by atoms with Crippen molar-refractivity contribution < 1.29 is 9.50 Å². The van der Waals surface area contributed by atoms with E-state index in [1.165, 1.54) is 31.7 Å². The Kier molecular flexibility index (Phi) is 4.51. The Morgan fingerprint density at radius 3 is 2.76 bits per heavy atom. The highest BCUT2D eigenvalue weighted by Gasteiger charge is 2.17. The number of aliphatic hydroxyl groups excluding tert-OH is 1. The number of halogens is 1. The summed E-state index contributed by atoms with van der Waals surface area (Å²) in [4.78, 5) is 0. The molecule has 2 nitrogen and oxygen atoms in total. The zero-order valence-corrected chi connectivity index (χ0v) is 10.0. The Morgan fingerprint density at radius 1 is 1.35 bits per heavy atom. The van der Waals surface area contributed by atoms with E-state index in [4.69, 9.17) is 0 Å². The number of hydrogen-bond donors (Lipinski definition) is 2. The molecule has 0 amide bonds. The first-order chi connectivity index (χ1) is 8.27. The molecule has 3 heteroatoms. The van der Waals surface area contributed by atoms with E-state index >= 15 is 0 Å². The van der Waals surface area contributed by atoms with Gasteiger partial charge in [-0.2, -0.15) is 0 Å². The second-order valence-electron chi connectivity index (χ2n) is 4.83. The average Bonchev–Trinajstić information content (AvgIpc) is 2.26. The molecule has 0 aliphatic heterocycles. The quantitative estimate of drug-likeness (QED) is 0.745. The van der Waals surface area contributed by atoms with Crippen molar-refractivity contribution in [1.82, 2.24) is 5.32 Å². The fourth-order valence-corrected chi connectivity index (χ4v) is 2.18. The second kappa shape index (κ2) is 6.12. The van der Waals surface area contributed by atoms with Crippen LogP contribution in [0.2, 0.25) is 0 Å². The predicted octanol–water partition coefficient (Wildman–Crippen LogP) is 2.64. The van der Waals surface area contributed by atoms with Crippen LogP contribution in [-0.4, -0.2) is 18.2 Å². The number of nitrogens with one attached hydrogen (secondary N) is 1. The summed E-state index contributed by atoms with van der Waals surface area (Å²) in [5, 5.41) is 13.0. The van der Waals surface area contributed by atoms with E-state index in [2.05, 4.69) is 5.32 Å². The third-order valence-electron chi connectivity index (χ3n) is 3.56. The molecule has 1 fully saturated rings. The molecule has 2 N–H and O–H groups in total. The first-order valence-corrected chi connectivity index (χ1v) is 6.40. The number of rotatable bonds is 6. The summed E-state index contributed by atoms with van der Waals surface area (Å²) in [5.41, 5.74) is 0.378. The number of benzene rings is 1. The molecule has 0 bridgehead atoms. The van der Waals surface area contributed by atoms with Gasteiger partial charge in [0.2, 0.25) is 0 Å². The van der Waals surface area contributed by atoms with E-state index in [0.717, 1.165) is 12.5 Å². The van der Waals surface area contributed by atoms with E-state index in [-0.39, 0.29) is 5.82 Å². The van der Waals surface area contributed by atoms with E-state index in [1.54, 1.807) is 18.2 Å². The molecule has 1 aromatic rings. The first-order valence-electron chi connectivity index (χ1n) is 6.40. The molecule has 1 atom stereocenters.